The van der Waals surface area contributed by atoms with Crippen LogP contribution in [-0.4, -0.2) is 17.4 Å². The third-order valence-corrected chi connectivity index (χ3v) is 2.50. The average molecular weight is 204 g/mol. The largest absolute Gasteiger partial charge is 0.366 e. The van der Waals surface area contributed by atoms with Crippen LogP contribution in [-0.2, 0) is 6.42 Å². The number of aromatic nitrogens is 1. The topological polar surface area (TPSA) is 86.5 Å². The fourth-order valence-electron chi connectivity index (χ4n) is 1.73. The lowest BCUT2D eigenvalue weighted by Crippen LogP contribution is -2.51. The van der Waals surface area contributed by atoms with Crippen molar-refractivity contribution in [3.05, 3.63) is 35.5 Å². The van der Waals surface area contributed by atoms with Gasteiger partial charge in [0, 0.05) is 29.1 Å². The number of aromatic amines is 1. The Kier molecular flexibility index (Phi) is 2.43. The highest BCUT2D eigenvalue weighted by Gasteiger charge is 2.06. The molecule has 0 spiro atoms. The number of benzene rings is 1. The number of nitrogens with one attached hydrogen (secondary N) is 1. The molecule has 4 heteroatoms. The SMILES string of the molecule is NC(=O)c1ccc2[nH]cc(CC[NH3+])c2c1. The number of amides is 1. The monoisotopic (exact) mass is 204 g/mol. The normalized spacial score (nSPS) is 10.7. The Labute approximate surface area is 87.3 Å². The zero-order valence-electron chi connectivity index (χ0n) is 8.42. The average Bonchev–Trinajstić information content (AvgIpc) is 2.61. The number of hydrogen-bond donors (Lipinski definition) is 3. The molecule has 1 heterocycles. The van der Waals surface area contributed by atoms with Crippen molar-refractivity contribution in [2.45, 2.75) is 6.42 Å². The van der Waals surface area contributed by atoms with Crippen LogP contribution in [0.5, 0.6) is 0 Å². The maximum absolute atomic E-state index is 11.0. The molecule has 0 saturated carbocycles. The molecule has 15 heavy (non-hydrogen) atoms. The summed E-state index contributed by atoms with van der Waals surface area (Å²) in [6.07, 6.45) is 2.86. The number of fused-ring (bicyclic) bond motifs is 1. The van der Waals surface area contributed by atoms with Crippen molar-refractivity contribution in [3.63, 3.8) is 0 Å². The van der Waals surface area contributed by atoms with Gasteiger partial charge in [0.1, 0.15) is 0 Å². The van der Waals surface area contributed by atoms with Gasteiger partial charge in [-0.15, -0.1) is 0 Å². The summed E-state index contributed by atoms with van der Waals surface area (Å²) in [4.78, 5) is 14.2. The number of carbonyl (C=O) groups excluding carboxylic acids is 1. The van der Waals surface area contributed by atoms with E-state index in [-0.39, 0.29) is 0 Å². The molecule has 0 bridgehead atoms. The lowest BCUT2D eigenvalue weighted by Gasteiger charge is -1.98. The lowest BCUT2D eigenvalue weighted by molar-refractivity contribution is -0.366. The van der Waals surface area contributed by atoms with Crippen molar-refractivity contribution < 1.29 is 10.5 Å². The molecule has 2 rings (SSSR count). The molecule has 0 unspecified atom stereocenters. The minimum absolute atomic E-state index is 0.390. The molecule has 0 aliphatic carbocycles. The van der Waals surface area contributed by atoms with Crippen LogP contribution < -0.4 is 11.5 Å². The predicted molar refractivity (Wildman–Crippen MR) is 58.3 cm³/mol. The summed E-state index contributed by atoms with van der Waals surface area (Å²) in [6.45, 7) is 0.841. The van der Waals surface area contributed by atoms with Crippen molar-refractivity contribution in [3.8, 4) is 0 Å². The molecule has 0 atom stereocenters. The quantitative estimate of drug-likeness (QED) is 0.648. The second kappa shape index (κ2) is 3.74. The molecule has 0 saturated heterocycles. The summed E-state index contributed by atoms with van der Waals surface area (Å²) in [7, 11) is 0. The van der Waals surface area contributed by atoms with Gasteiger partial charge in [-0.05, 0) is 23.8 Å². The second-order valence-electron chi connectivity index (χ2n) is 3.54. The van der Waals surface area contributed by atoms with Crippen molar-refractivity contribution in [1.29, 1.82) is 0 Å². The summed E-state index contributed by atoms with van der Waals surface area (Å²) in [5, 5.41) is 1.06. The Morgan fingerprint density at radius 2 is 2.27 bits per heavy atom. The van der Waals surface area contributed by atoms with Crippen molar-refractivity contribution in [2.24, 2.45) is 5.73 Å². The molecule has 0 fully saturated rings. The zero-order valence-corrected chi connectivity index (χ0v) is 8.42. The first kappa shape index (κ1) is 9.73. The Bertz CT molecular complexity index is 502. The predicted octanol–water partition coefficient (Wildman–Crippen LogP) is 0.0512. The molecule has 1 aromatic carbocycles. The van der Waals surface area contributed by atoms with Gasteiger partial charge < -0.3 is 16.5 Å². The lowest BCUT2D eigenvalue weighted by atomic mass is 10.1. The first-order valence-corrected chi connectivity index (χ1v) is 4.91. The van der Waals surface area contributed by atoms with Crippen molar-refractivity contribution in [2.75, 3.05) is 6.54 Å². The maximum Gasteiger partial charge on any atom is 0.248 e. The summed E-state index contributed by atoms with van der Waals surface area (Å²) in [5.41, 5.74) is 11.8. The number of hydrogen-bond acceptors (Lipinski definition) is 1. The van der Waals surface area contributed by atoms with E-state index in [0.29, 0.717) is 5.56 Å². The summed E-state index contributed by atoms with van der Waals surface area (Å²) in [5.74, 6) is -0.390. The molecule has 6 N–H and O–H groups in total. The first-order chi connectivity index (χ1) is 7.22. The van der Waals surface area contributed by atoms with E-state index in [1.807, 2.05) is 18.3 Å². The van der Waals surface area contributed by atoms with Crippen LogP contribution in [0.3, 0.4) is 0 Å². The Morgan fingerprint density at radius 1 is 1.47 bits per heavy atom. The van der Waals surface area contributed by atoms with E-state index in [9.17, 15) is 4.79 Å². The summed E-state index contributed by atoms with van der Waals surface area (Å²) < 4.78 is 0. The van der Waals surface area contributed by atoms with Gasteiger partial charge in [0.05, 0.1) is 6.54 Å². The molecular formula is C11H14N3O+. The Balaban J connectivity index is 2.56. The standard InChI is InChI=1S/C11H13N3O/c12-4-3-8-6-14-10-2-1-7(11(13)15)5-9(8)10/h1-2,5-6,14H,3-4,12H2,(H2,13,15)/p+1. The van der Waals surface area contributed by atoms with E-state index >= 15 is 0 Å². The van der Waals surface area contributed by atoms with E-state index in [1.165, 1.54) is 5.56 Å². The minimum Gasteiger partial charge on any atom is -0.366 e. The van der Waals surface area contributed by atoms with Gasteiger partial charge >= 0.3 is 0 Å². The number of H-pyrrole nitrogens is 1. The molecule has 2 aromatic rings. The Hall–Kier alpha value is -1.81. The van der Waals surface area contributed by atoms with Crippen LogP contribution in [0, 0.1) is 0 Å². The van der Waals surface area contributed by atoms with Gasteiger partial charge in [-0.1, -0.05) is 0 Å². The number of nitrogens with two attached hydrogens (primary N) is 1. The van der Waals surface area contributed by atoms with Gasteiger partial charge in [-0.3, -0.25) is 4.79 Å². The second-order valence-corrected chi connectivity index (χ2v) is 3.54. The third-order valence-electron chi connectivity index (χ3n) is 2.50. The minimum atomic E-state index is -0.390. The molecule has 0 aliphatic heterocycles. The number of carbonyl (C=O) groups is 1. The van der Waals surface area contributed by atoms with E-state index in [4.69, 9.17) is 5.73 Å². The van der Waals surface area contributed by atoms with Gasteiger partial charge in [0.15, 0.2) is 0 Å². The van der Waals surface area contributed by atoms with Gasteiger partial charge in [0.2, 0.25) is 5.91 Å². The molecule has 1 amide bonds. The van der Waals surface area contributed by atoms with Crippen molar-refractivity contribution in [1.82, 2.24) is 4.98 Å². The molecule has 1 aromatic heterocycles. The highest BCUT2D eigenvalue weighted by Crippen LogP contribution is 2.19. The number of quaternary nitrogens is 1. The number of primary amides is 1. The highest BCUT2D eigenvalue weighted by molar-refractivity contribution is 5.97. The zero-order chi connectivity index (χ0) is 10.8. The van der Waals surface area contributed by atoms with Crippen LogP contribution in [0.25, 0.3) is 10.9 Å². The van der Waals surface area contributed by atoms with Crippen LogP contribution >= 0.6 is 0 Å². The molecule has 4 nitrogen and oxygen atoms in total. The number of rotatable bonds is 3. The maximum atomic E-state index is 11.0. The summed E-state index contributed by atoms with van der Waals surface area (Å²) in [6, 6.07) is 5.44. The third kappa shape index (κ3) is 1.71. The van der Waals surface area contributed by atoms with Crippen LogP contribution in [0.4, 0.5) is 0 Å². The van der Waals surface area contributed by atoms with Crippen LogP contribution in [0.15, 0.2) is 24.4 Å². The highest BCUT2D eigenvalue weighted by atomic mass is 16.1. The Morgan fingerprint density at radius 3 is 2.93 bits per heavy atom. The molecular weight excluding hydrogens is 190 g/mol. The molecule has 0 radical (unpaired) electrons. The van der Waals surface area contributed by atoms with E-state index in [1.54, 1.807) is 6.07 Å². The fraction of sp³-hybridized carbons (Fsp3) is 0.182. The van der Waals surface area contributed by atoms with Crippen LogP contribution in [0.2, 0.25) is 0 Å². The fourth-order valence-corrected chi connectivity index (χ4v) is 1.73. The van der Waals surface area contributed by atoms with Crippen molar-refractivity contribution >= 4 is 16.8 Å². The van der Waals surface area contributed by atoms with Gasteiger partial charge in [-0.2, -0.15) is 0 Å². The molecule has 0 aliphatic rings. The summed E-state index contributed by atoms with van der Waals surface area (Å²) >= 11 is 0. The van der Waals surface area contributed by atoms with Gasteiger partial charge in [-0.25, -0.2) is 0 Å². The van der Waals surface area contributed by atoms with E-state index in [0.717, 1.165) is 23.9 Å². The first-order valence-electron chi connectivity index (χ1n) is 4.91. The smallest absolute Gasteiger partial charge is 0.248 e. The van der Waals surface area contributed by atoms with E-state index in [2.05, 4.69) is 10.7 Å². The van der Waals surface area contributed by atoms with E-state index < -0.39 is 5.91 Å². The van der Waals surface area contributed by atoms with Crippen LogP contribution in [0.1, 0.15) is 15.9 Å². The molecule has 78 valence electrons. The van der Waals surface area contributed by atoms with Gasteiger partial charge in [0.25, 0.3) is 0 Å².